The average Bonchev–Trinajstić information content (AvgIpc) is 2.80. The summed E-state index contributed by atoms with van der Waals surface area (Å²) in [6, 6.07) is 16.7. The van der Waals surface area contributed by atoms with Gasteiger partial charge < -0.3 is 0 Å². The maximum absolute atomic E-state index is 4.86. The van der Waals surface area contributed by atoms with Crippen LogP contribution in [0.25, 0.3) is 38.2 Å². The number of benzene rings is 3. The third-order valence-electron chi connectivity index (χ3n) is 4.62. The van der Waals surface area contributed by atoms with E-state index >= 15 is 0 Å². The Labute approximate surface area is 175 Å². The summed E-state index contributed by atoms with van der Waals surface area (Å²) in [6.45, 7) is 14.4. The Kier molecular flexibility index (Phi) is 8.54. The highest BCUT2D eigenvalue weighted by Gasteiger charge is 2.11. The van der Waals surface area contributed by atoms with Gasteiger partial charge in [0.05, 0.1) is 22.9 Å². The van der Waals surface area contributed by atoms with Crippen molar-refractivity contribution in [3.05, 3.63) is 79.2 Å². The molecule has 2 nitrogen and oxygen atoms in total. The number of aromatic nitrogens is 2. The summed E-state index contributed by atoms with van der Waals surface area (Å²) in [7, 11) is 0. The highest BCUT2D eigenvalue weighted by molar-refractivity contribution is 6.23. The summed E-state index contributed by atoms with van der Waals surface area (Å²) in [5.74, 6) is 0. The van der Waals surface area contributed by atoms with Gasteiger partial charge in [0.2, 0.25) is 0 Å². The highest BCUT2D eigenvalue weighted by atomic mass is 14.8. The summed E-state index contributed by atoms with van der Waals surface area (Å²) in [6.07, 6.45) is 8.37. The van der Waals surface area contributed by atoms with E-state index in [1.165, 1.54) is 23.6 Å². The van der Waals surface area contributed by atoms with Crippen LogP contribution in [-0.4, -0.2) is 9.97 Å². The molecule has 0 aliphatic carbocycles. The molecule has 29 heavy (non-hydrogen) atoms. The molecule has 0 radical (unpaired) electrons. The van der Waals surface area contributed by atoms with Crippen LogP contribution in [-0.2, 0) is 0 Å². The zero-order valence-electron chi connectivity index (χ0n) is 18.4. The molecule has 0 bridgehead atoms. The molecule has 150 valence electrons. The van der Waals surface area contributed by atoms with Gasteiger partial charge in [-0.05, 0) is 23.3 Å². The Balaban J connectivity index is 0.000000449. The molecule has 4 rings (SSSR count). The van der Waals surface area contributed by atoms with Gasteiger partial charge in [0.15, 0.2) is 0 Å². The smallest absolute Gasteiger partial charge is 0.0979 e. The van der Waals surface area contributed by atoms with Crippen molar-refractivity contribution >= 4 is 38.2 Å². The van der Waals surface area contributed by atoms with E-state index in [4.69, 9.17) is 9.97 Å². The van der Waals surface area contributed by atoms with E-state index in [9.17, 15) is 0 Å². The minimum atomic E-state index is 0.816. The van der Waals surface area contributed by atoms with Crippen LogP contribution in [0.4, 0.5) is 0 Å². The van der Waals surface area contributed by atoms with E-state index in [-0.39, 0.29) is 0 Å². The van der Waals surface area contributed by atoms with E-state index in [2.05, 4.69) is 56.8 Å². The molecule has 0 spiro atoms. The van der Waals surface area contributed by atoms with Crippen molar-refractivity contribution < 1.29 is 0 Å². The van der Waals surface area contributed by atoms with Crippen molar-refractivity contribution in [1.82, 2.24) is 9.97 Å². The monoisotopic (exact) mass is 384 g/mol. The Hall–Kier alpha value is -3.00. The van der Waals surface area contributed by atoms with Crippen molar-refractivity contribution in [2.75, 3.05) is 0 Å². The first-order chi connectivity index (χ1) is 14.2. The molecule has 1 aromatic heterocycles. The lowest BCUT2D eigenvalue weighted by Gasteiger charge is -2.10. The lowest BCUT2D eigenvalue weighted by molar-refractivity contribution is 0.886. The van der Waals surface area contributed by atoms with Crippen molar-refractivity contribution in [1.29, 1.82) is 0 Å². The Morgan fingerprint density at radius 1 is 0.828 bits per heavy atom. The zero-order valence-corrected chi connectivity index (χ0v) is 18.4. The number of nitrogens with zero attached hydrogens (tertiary/aromatic N) is 2. The van der Waals surface area contributed by atoms with Gasteiger partial charge in [-0.15, -0.1) is 0 Å². The predicted molar refractivity (Wildman–Crippen MR) is 130 cm³/mol. The molecule has 3 aromatic carbocycles. The molecule has 0 atom stereocenters. The summed E-state index contributed by atoms with van der Waals surface area (Å²) in [4.78, 5) is 9.56. The maximum atomic E-state index is 4.86. The minimum Gasteiger partial charge on any atom is -0.252 e. The van der Waals surface area contributed by atoms with Crippen molar-refractivity contribution in [3.8, 4) is 0 Å². The van der Waals surface area contributed by atoms with E-state index in [0.717, 1.165) is 33.1 Å². The number of rotatable bonds is 3. The molecule has 0 N–H and O–H groups in total. The third kappa shape index (κ3) is 4.89. The van der Waals surface area contributed by atoms with Crippen LogP contribution in [0.3, 0.4) is 0 Å². The van der Waals surface area contributed by atoms with Crippen LogP contribution in [0.1, 0.15) is 53.2 Å². The van der Waals surface area contributed by atoms with E-state index < -0.39 is 0 Å². The molecule has 0 saturated carbocycles. The van der Waals surface area contributed by atoms with Crippen LogP contribution in [0.15, 0.2) is 73.5 Å². The van der Waals surface area contributed by atoms with E-state index in [1.807, 2.05) is 51.3 Å². The number of unbranched alkanes of at least 4 members (excludes halogenated alkanes) is 1. The summed E-state index contributed by atoms with van der Waals surface area (Å²) < 4.78 is 0. The largest absolute Gasteiger partial charge is 0.252 e. The first kappa shape index (κ1) is 22.3. The molecular formula is C27H32N2. The van der Waals surface area contributed by atoms with Gasteiger partial charge in [0.25, 0.3) is 0 Å². The fourth-order valence-electron chi connectivity index (χ4n) is 3.06. The third-order valence-corrected chi connectivity index (χ3v) is 4.62. The number of hydrogen-bond donors (Lipinski definition) is 0. The first-order valence-electron chi connectivity index (χ1n) is 10.6. The topological polar surface area (TPSA) is 25.8 Å². The summed E-state index contributed by atoms with van der Waals surface area (Å²) >= 11 is 0. The van der Waals surface area contributed by atoms with Crippen LogP contribution < -0.4 is 0 Å². The van der Waals surface area contributed by atoms with Crippen LogP contribution >= 0.6 is 0 Å². The fourth-order valence-corrected chi connectivity index (χ4v) is 3.06. The van der Waals surface area contributed by atoms with Gasteiger partial charge in [-0.1, -0.05) is 108 Å². The SMILES string of the molecule is C=C(/C=C\C)c1cnc2c3ccccc3c3ccccc3c2n1.CC.CCCC. The lowest BCUT2D eigenvalue weighted by Crippen LogP contribution is -1.93. The van der Waals surface area contributed by atoms with Crippen molar-refractivity contribution in [3.63, 3.8) is 0 Å². The number of hydrogen-bond acceptors (Lipinski definition) is 2. The molecule has 0 aliphatic heterocycles. The Morgan fingerprint density at radius 3 is 1.79 bits per heavy atom. The molecule has 0 unspecified atom stereocenters. The van der Waals surface area contributed by atoms with Crippen molar-refractivity contribution in [2.45, 2.75) is 47.5 Å². The maximum Gasteiger partial charge on any atom is 0.0979 e. The first-order valence-corrected chi connectivity index (χ1v) is 10.6. The molecule has 0 aliphatic rings. The number of fused-ring (bicyclic) bond motifs is 6. The normalized spacial score (nSPS) is 10.5. The quantitative estimate of drug-likeness (QED) is 0.262. The zero-order chi connectivity index (χ0) is 21.2. The van der Waals surface area contributed by atoms with Crippen LogP contribution in [0.5, 0.6) is 0 Å². The van der Waals surface area contributed by atoms with E-state index in [1.54, 1.807) is 0 Å². The van der Waals surface area contributed by atoms with Gasteiger partial charge in [0, 0.05) is 10.8 Å². The number of allylic oxidation sites excluding steroid dienone is 3. The molecule has 2 heteroatoms. The van der Waals surface area contributed by atoms with Crippen molar-refractivity contribution in [2.24, 2.45) is 0 Å². The molecule has 1 heterocycles. The Bertz CT molecular complexity index is 1090. The molecular weight excluding hydrogens is 352 g/mol. The van der Waals surface area contributed by atoms with Gasteiger partial charge in [-0.25, -0.2) is 4.98 Å². The summed E-state index contributed by atoms with van der Waals surface area (Å²) in [5, 5.41) is 4.68. The van der Waals surface area contributed by atoms with Crippen LogP contribution in [0.2, 0.25) is 0 Å². The molecule has 0 fully saturated rings. The standard InChI is InChI=1S/C21H16N2.C4H10.C2H6/c1-3-8-14(2)19-13-22-20-17-11-6-4-9-15(17)16-10-5-7-12-18(16)21(20)23-19;1-3-4-2;1-2/h3-13H,2H2,1H3;3-4H2,1-2H3;1-2H3/b8-3-;;. The second kappa shape index (κ2) is 11.1. The van der Waals surface area contributed by atoms with E-state index in [0.29, 0.717) is 0 Å². The van der Waals surface area contributed by atoms with Crippen LogP contribution in [0, 0.1) is 0 Å². The average molecular weight is 385 g/mol. The van der Waals surface area contributed by atoms with Gasteiger partial charge in [0.1, 0.15) is 0 Å². The fraction of sp³-hybridized carbons (Fsp3) is 0.259. The second-order valence-corrected chi connectivity index (χ2v) is 6.57. The van der Waals surface area contributed by atoms with Gasteiger partial charge >= 0.3 is 0 Å². The molecule has 0 amide bonds. The predicted octanol–water partition coefficient (Wildman–Crippen LogP) is 8.36. The highest BCUT2D eigenvalue weighted by Crippen LogP contribution is 2.33. The second-order valence-electron chi connectivity index (χ2n) is 6.57. The van der Waals surface area contributed by atoms with Gasteiger partial charge in [-0.3, -0.25) is 4.98 Å². The summed E-state index contributed by atoms with van der Waals surface area (Å²) in [5.41, 5.74) is 3.56. The van der Waals surface area contributed by atoms with Gasteiger partial charge in [-0.2, -0.15) is 0 Å². The molecule has 0 saturated heterocycles. The minimum absolute atomic E-state index is 0.816. The lowest BCUT2D eigenvalue weighted by atomic mass is 9.99. The molecule has 4 aromatic rings. The Morgan fingerprint density at radius 2 is 1.31 bits per heavy atom.